The van der Waals surface area contributed by atoms with Crippen LogP contribution in [0, 0.1) is 0 Å². The van der Waals surface area contributed by atoms with Gasteiger partial charge in [0.2, 0.25) is 15.9 Å². The highest BCUT2D eigenvalue weighted by atomic mass is 32.2. The number of sulfonamides is 1. The number of unbranched alkanes of at least 4 members (excludes halogenated alkanes) is 1. The van der Waals surface area contributed by atoms with Gasteiger partial charge in [0.05, 0.1) is 11.3 Å². The molecule has 7 heteroatoms. The second-order valence-corrected chi connectivity index (χ2v) is 6.52. The monoisotopic (exact) mass is 298 g/mol. The molecule has 6 nitrogen and oxygen atoms in total. The van der Waals surface area contributed by atoms with Crippen LogP contribution in [-0.4, -0.2) is 39.6 Å². The van der Waals surface area contributed by atoms with E-state index in [1.165, 1.54) is 11.0 Å². The van der Waals surface area contributed by atoms with Crippen molar-refractivity contribution < 1.29 is 18.3 Å². The zero-order valence-electron chi connectivity index (χ0n) is 11.3. The summed E-state index contributed by atoms with van der Waals surface area (Å²) < 4.78 is 26.7. The number of anilines is 1. The highest BCUT2D eigenvalue weighted by Crippen LogP contribution is 2.29. The number of hydrogen-bond acceptors (Lipinski definition) is 4. The zero-order valence-corrected chi connectivity index (χ0v) is 12.1. The van der Waals surface area contributed by atoms with Crippen molar-refractivity contribution in [3.63, 3.8) is 0 Å². The van der Waals surface area contributed by atoms with Crippen LogP contribution in [-0.2, 0) is 21.2 Å². The molecule has 1 aromatic rings. The van der Waals surface area contributed by atoms with Gasteiger partial charge in [-0.05, 0) is 36.6 Å². The summed E-state index contributed by atoms with van der Waals surface area (Å²) in [6.45, 7) is 0.341. The van der Waals surface area contributed by atoms with Crippen LogP contribution in [0.2, 0.25) is 0 Å². The van der Waals surface area contributed by atoms with Gasteiger partial charge in [-0.1, -0.05) is 0 Å². The van der Waals surface area contributed by atoms with Crippen LogP contribution in [0.5, 0.6) is 0 Å². The van der Waals surface area contributed by atoms with E-state index < -0.39 is 10.0 Å². The molecule has 20 heavy (non-hydrogen) atoms. The highest BCUT2D eigenvalue weighted by Gasteiger charge is 2.25. The van der Waals surface area contributed by atoms with Crippen LogP contribution >= 0.6 is 0 Å². The van der Waals surface area contributed by atoms with Gasteiger partial charge in [0.15, 0.2) is 0 Å². The summed E-state index contributed by atoms with van der Waals surface area (Å²) in [4.78, 5) is 13.3. The fourth-order valence-electron chi connectivity index (χ4n) is 2.14. The number of likely N-dealkylation sites (N-methyl/N-ethyl adjacent to an activating group) is 1. The van der Waals surface area contributed by atoms with E-state index in [9.17, 15) is 13.2 Å². The van der Waals surface area contributed by atoms with Gasteiger partial charge in [-0.15, -0.1) is 0 Å². The summed E-state index contributed by atoms with van der Waals surface area (Å²) in [5.74, 6) is -0.0366. The molecular weight excluding hydrogens is 280 g/mol. The second kappa shape index (κ2) is 5.90. The topological polar surface area (TPSA) is 86.7 Å². The summed E-state index contributed by atoms with van der Waals surface area (Å²) in [6.07, 6.45) is 1.38. The molecule has 1 amide bonds. The number of carbonyl (C=O) groups is 1. The Bertz CT molecular complexity index is 613. The smallest absolute Gasteiger partial charge is 0.240 e. The molecule has 1 aromatic carbocycles. The van der Waals surface area contributed by atoms with Crippen LogP contribution in [0.3, 0.4) is 0 Å². The minimum atomic E-state index is -3.56. The molecule has 2 rings (SSSR count). The van der Waals surface area contributed by atoms with Crippen LogP contribution in [0.1, 0.15) is 18.4 Å². The normalized spacial score (nSPS) is 14.7. The SMILES string of the molecule is CN1C(=O)Cc2cc(S(=O)(=O)NCCCCO)ccc21. The third-order valence-corrected chi connectivity index (χ3v) is 4.77. The van der Waals surface area contributed by atoms with Gasteiger partial charge in [-0.2, -0.15) is 0 Å². The molecule has 0 saturated heterocycles. The molecule has 2 N–H and O–H groups in total. The first-order chi connectivity index (χ1) is 9.45. The highest BCUT2D eigenvalue weighted by molar-refractivity contribution is 7.89. The molecule has 0 bridgehead atoms. The van der Waals surface area contributed by atoms with E-state index >= 15 is 0 Å². The fraction of sp³-hybridized carbons (Fsp3) is 0.462. The van der Waals surface area contributed by atoms with Crippen LogP contribution in [0.15, 0.2) is 23.1 Å². The van der Waals surface area contributed by atoms with Crippen molar-refractivity contribution in [1.82, 2.24) is 4.72 Å². The summed E-state index contributed by atoms with van der Waals surface area (Å²) in [5, 5.41) is 8.65. The maximum Gasteiger partial charge on any atom is 0.240 e. The molecule has 110 valence electrons. The first-order valence-electron chi connectivity index (χ1n) is 6.46. The van der Waals surface area contributed by atoms with Crippen LogP contribution < -0.4 is 9.62 Å². The largest absolute Gasteiger partial charge is 0.396 e. The number of nitrogens with one attached hydrogen (secondary N) is 1. The van der Waals surface area contributed by atoms with E-state index in [0.717, 1.165) is 11.3 Å². The van der Waals surface area contributed by atoms with Gasteiger partial charge in [-0.25, -0.2) is 13.1 Å². The van der Waals surface area contributed by atoms with Crippen LogP contribution in [0.25, 0.3) is 0 Å². The van der Waals surface area contributed by atoms with E-state index in [0.29, 0.717) is 19.4 Å². The van der Waals surface area contributed by atoms with Crippen molar-refractivity contribution in [1.29, 1.82) is 0 Å². The Labute approximate surface area is 118 Å². The van der Waals surface area contributed by atoms with E-state index in [2.05, 4.69) is 4.72 Å². The average Bonchev–Trinajstić information content (AvgIpc) is 2.70. The maximum absolute atomic E-state index is 12.1. The van der Waals surface area contributed by atoms with Crippen molar-refractivity contribution >= 4 is 21.6 Å². The third kappa shape index (κ3) is 3.00. The van der Waals surface area contributed by atoms with Crippen molar-refractivity contribution in [3.05, 3.63) is 23.8 Å². The maximum atomic E-state index is 12.1. The van der Waals surface area contributed by atoms with Crippen molar-refractivity contribution in [3.8, 4) is 0 Å². The fourth-order valence-corrected chi connectivity index (χ4v) is 3.26. The lowest BCUT2D eigenvalue weighted by Gasteiger charge is -2.11. The second-order valence-electron chi connectivity index (χ2n) is 4.75. The van der Waals surface area contributed by atoms with Crippen molar-refractivity contribution in [2.24, 2.45) is 0 Å². The first-order valence-corrected chi connectivity index (χ1v) is 7.94. The lowest BCUT2D eigenvalue weighted by Crippen LogP contribution is -2.25. The van der Waals surface area contributed by atoms with Crippen molar-refractivity contribution in [2.45, 2.75) is 24.2 Å². The zero-order chi connectivity index (χ0) is 14.8. The van der Waals surface area contributed by atoms with Gasteiger partial charge >= 0.3 is 0 Å². The number of benzene rings is 1. The number of aliphatic hydroxyl groups excluding tert-OH is 1. The Morgan fingerprint density at radius 2 is 2.10 bits per heavy atom. The quantitative estimate of drug-likeness (QED) is 0.737. The minimum Gasteiger partial charge on any atom is -0.396 e. The molecule has 0 radical (unpaired) electrons. The Hall–Kier alpha value is -1.44. The van der Waals surface area contributed by atoms with E-state index in [1.807, 2.05) is 0 Å². The van der Waals surface area contributed by atoms with Gasteiger partial charge in [-0.3, -0.25) is 4.79 Å². The molecule has 0 unspecified atom stereocenters. The number of carbonyl (C=O) groups excluding carboxylic acids is 1. The summed E-state index contributed by atoms with van der Waals surface area (Å²) in [6, 6.07) is 4.70. The number of hydrogen-bond donors (Lipinski definition) is 2. The number of aliphatic hydroxyl groups is 1. The number of rotatable bonds is 6. The lowest BCUT2D eigenvalue weighted by atomic mass is 10.2. The molecular formula is C13H18N2O4S. The Morgan fingerprint density at radius 3 is 2.80 bits per heavy atom. The number of nitrogens with zero attached hydrogens (tertiary/aromatic N) is 1. The Morgan fingerprint density at radius 1 is 1.35 bits per heavy atom. The standard InChI is InChI=1S/C13H18N2O4S/c1-15-12-5-4-11(8-10(12)9-13(15)17)20(18,19)14-6-2-3-7-16/h4-5,8,14,16H,2-3,6-7,9H2,1H3. The number of fused-ring (bicyclic) bond motifs is 1. The Kier molecular flexibility index (Phi) is 4.42. The number of amides is 1. The summed E-state index contributed by atoms with van der Waals surface area (Å²) >= 11 is 0. The molecule has 0 saturated carbocycles. The molecule has 0 spiro atoms. The first kappa shape index (κ1) is 15.0. The van der Waals surface area contributed by atoms with E-state index in [-0.39, 0.29) is 23.8 Å². The average molecular weight is 298 g/mol. The molecule has 0 atom stereocenters. The summed E-state index contributed by atoms with van der Waals surface area (Å²) in [7, 11) is -1.88. The van der Waals surface area contributed by atoms with Crippen LogP contribution in [0.4, 0.5) is 5.69 Å². The molecule has 0 aromatic heterocycles. The van der Waals surface area contributed by atoms with Crippen molar-refractivity contribution in [2.75, 3.05) is 25.1 Å². The van der Waals surface area contributed by atoms with E-state index in [1.54, 1.807) is 19.2 Å². The molecule has 1 aliphatic heterocycles. The summed E-state index contributed by atoms with van der Waals surface area (Å²) in [5.41, 5.74) is 1.49. The van der Waals surface area contributed by atoms with Gasteiger partial charge < -0.3 is 10.0 Å². The minimum absolute atomic E-state index is 0.0366. The third-order valence-electron chi connectivity index (χ3n) is 3.32. The predicted molar refractivity (Wildman–Crippen MR) is 75.1 cm³/mol. The van der Waals surface area contributed by atoms with Gasteiger partial charge in [0.1, 0.15) is 0 Å². The predicted octanol–water partition coefficient (Wildman–Crippen LogP) is 0.256. The Balaban J connectivity index is 2.14. The molecule has 1 heterocycles. The van der Waals surface area contributed by atoms with Gasteiger partial charge in [0.25, 0.3) is 0 Å². The molecule has 1 aliphatic rings. The molecule has 0 fully saturated rings. The lowest BCUT2D eigenvalue weighted by molar-refractivity contribution is -0.117. The van der Waals surface area contributed by atoms with E-state index in [4.69, 9.17) is 5.11 Å². The van der Waals surface area contributed by atoms with Gasteiger partial charge in [0, 0.05) is 25.9 Å². The molecule has 0 aliphatic carbocycles.